The van der Waals surface area contributed by atoms with Crippen LogP contribution >= 0.6 is 0 Å². The summed E-state index contributed by atoms with van der Waals surface area (Å²) in [6.45, 7) is 0. The fourth-order valence-corrected chi connectivity index (χ4v) is 2.02. The molecule has 21 heavy (non-hydrogen) atoms. The van der Waals surface area contributed by atoms with Crippen LogP contribution in [-0.4, -0.2) is 17.3 Å². The normalized spacial score (nSPS) is 10.1. The van der Waals surface area contributed by atoms with Crippen molar-refractivity contribution < 1.29 is 31.8 Å². The lowest BCUT2D eigenvalue weighted by Gasteiger charge is -1.99. The molecule has 0 unspecified atom stereocenters. The first-order valence-electron chi connectivity index (χ1n) is 6.10. The van der Waals surface area contributed by atoms with Crippen LogP contribution in [0.2, 0.25) is 0 Å². The van der Waals surface area contributed by atoms with E-state index in [1.807, 2.05) is 24.3 Å². The number of hydrogen-bond acceptors (Lipinski definition) is 3. The van der Waals surface area contributed by atoms with Crippen molar-refractivity contribution in [2.75, 3.05) is 7.11 Å². The molecule has 0 aliphatic rings. The third kappa shape index (κ3) is 2.85. The van der Waals surface area contributed by atoms with E-state index in [-0.39, 0.29) is 23.9 Å². The van der Waals surface area contributed by atoms with Gasteiger partial charge in [0, 0.05) is 12.1 Å². The van der Waals surface area contributed by atoms with Crippen molar-refractivity contribution in [2.24, 2.45) is 0 Å². The van der Waals surface area contributed by atoms with Crippen molar-refractivity contribution >= 4 is 11.0 Å². The molecule has 0 aliphatic carbocycles. The van der Waals surface area contributed by atoms with Gasteiger partial charge < -0.3 is 27.4 Å². The van der Waals surface area contributed by atoms with Crippen LogP contribution in [0.25, 0.3) is 22.3 Å². The molecule has 0 aliphatic heterocycles. The number of halogens is 1. The predicted molar refractivity (Wildman–Crippen MR) is 75.9 cm³/mol. The summed E-state index contributed by atoms with van der Waals surface area (Å²) >= 11 is 0. The van der Waals surface area contributed by atoms with Crippen LogP contribution in [0.15, 0.2) is 52.9 Å². The molecule has 3 rings (SSSR count). The van der Waals surface area contributed by atoms with E-state index < -0.39 is 0 Å². The zero-order valence-corrected chi connectivity index (χ0v) is 12.0. The third-order valence-corrected chi connectivity index (χ3v) is 3.11. The molecule has 0 spiro atoms. The molecule has 3 aromatic rings. The first-order valence-corrected chi connectivity index (χ1v) is 6.10. The van der Waals surface area contributed by atoms with Gasteiger partial charge in [0.25, 0.3) is 0 Å². The van der Waals surface area contributed by atoms with E-state index in [0.717, 1.165) is 5.39 Å². The van der Waals surface area contributed by atoms with E-state index >= 15 is 0 Å². The summed E-state index contributed by atoms with van der Waals surface area (Å²) in [6.07, 6.45) is 0. The molecule has 4 nitrogen and oxygen atoms in total. The van der Waals surface area contributed by atoms with Gasteiger partial charge in [0.1, 0.15) is 5.75 Å². The Kier molecular flexibility index (Phi) is 4.19. The molecule has 1 heterocycles. The van der Waals surface area contributed by atoms with Crippen molar-refractivity contribution in [2.45, 2.75) is 0 Å². The Morgan fingerprint density at radius 2 is 1.67 bits per heavy atom. The molecule has 0 bridgehead atoms. The number of phenolic OH excluding ortho intramolecular Hbond substituents is 2. The van der Waals surface area contributed by atoms with E-state index in [0.29, 0.717) is 22.7 Å². The van der Waals surface area contributed by atoms with Gasteiger partial charge in [0.15, 0.2) is 11.5 Å². The molecule has 2 N–H and O–H groups in total. The van der Waals surface area contributed by atoms with E-state index in [1.54, 1.807) is 19.2 Å². The van der Waals surface area contributed by atoms with Crippen LogP contribution in [0.3, 0.4) is 0 Å². The topological polar surface area (TPSA) is 61.0 Å². The summed E-state index contributed by atoms with van der Waals surface area (Å²) < 4.78 is 11.0. The second kappa shape index (κ2) is 5.89. The lowest BCUT2D eigenvalue weighted by atomic mass is 10.1. The highest BCUT2D eigenvalue weighted by molar-refractivity contribution is 5.80. The molecule has 0 saturated heterocycles. The van der Waals surface area contributed by atoms with Crippen LogP contribution in [0, 0.1) is 0 Å². The fourth-order valence-electron chi connectivity index (χ4n) is 2.02. The van der Waals surface area contributed by atoms with Gasteiger partial charge in [0.05, 0.1) is 24.1 Å². The van der Waals surface area contributed by atoms with Gasteiger partial charge in [-0.3, -0.25) is 0 Å². The second-order valence-electron chi connectivity index (χ2n) is 4.41. The average molecular weight is 305 g/mol. The minimum atomic E-state index is -0.177. The molecular weight excluding hydrogens is 292 g/mol. The van der Waals surface area contributed by atoms with E-state index in [9.17, 15) is 10.2 Å². The Morgan fingerprint density at radius 3 is 2.38 bits per heavy atom. The lowest BCUT2D eigenvalue weighted by Crippen LogP contribution is -3.00. The van der Waals surface area contributed by atoms with E-state index in [4.69, 9.17) is 9.15 Å². The number of aromatic hydroxyl groups is 2. The molecule has 108 valence electrons. The maximum Gasteiger partial charge on any atom is 0.364 e. The lowest BCUT2D eigenvalue weighted by molar-refractivity contribution is -0.00000654. The number of hydrogen-bond donors (Lipinski definition) is 2. The van der Waals surface area contributed by atoms with Crippen LogP contribution in [0.5, 0.6) is 17.2 Å². The van der Waals surface area contributed by atoms with Crippen LogP contribution < -0.4 is 17.1 Å². The number of rotatable bonds is 2. The van der Waals surface area contributed by atoms with Gasteiger partial charge in [-0.2, -0.15) is 0 Å². The van der Waals surface area contributed by atoms with Crippen LogP contribution in [-0.2, 0) is 0 Å². The van der Waals surface area contributed by atoms with Gasteiger partial charge in [-0.05, 0) is 30.3 Å². The summed E-state index contributed by atoms with van der Waals surface area (Å²) in [5.74, 6) is 0.979. The Balaban J connectivity index is 0.00000161. The molecule has 0 amide bonds. The molecular formula is C16H13ClO4. The van der Waals surface area contributed by atoms with E-state index in [1.165, 1.54) is 12.1 Å². The molecule has 2 aromatic carbocycles. The predicted octanol–water partition coefficient (Wildman–Crippen LogP) is 0.805. The monoisotopic (exact) mass is 304 g/mol. The third-order valence-electron chi connectivity index (χ3n) is 3.11. The summed E-state index contributed by atoms with van der Waals surface area (Å²) in [7, 11) is 1.60. The van der Waals surface area contributed by atoms with Crippen molar-refractivity contribution in [3.8, 4) is 28.6 Å². The molecule has 5 heteroatoms. The van der Waals surface area contributed by atoms with E-state index in [2.05, 4.69) is 0 Å². The van der Waals surface area contributed by atoms with Gasteiger partial charge in [0.2, 0.25) is 0 Å². The maximum absolute atomic E-state index is 9.55. The standard InChI is InChI=1S/C16H12O4.ClH/c1-19-12-5-2-10-4-7-15(20-16(10)9-12)11-3-6-13(17)14(18)8-11;/h2-9H,1H3,(H-,17,18);1H. The molecule has 0 radical (unpaired) electrons. The number of phenols is 2. The quantitative estimate of drug-likeness (QED) is 0.543. The van der Waals surface area contributed by atoms with Crippen molar-refractivity contribution in [1.82, 2.24) is 0 Å². The van der Waals surface area contributed by atoms with Crippen molar-refractivity contribution in [1.29, 1.82) is 0 Å². The highest BCUT2D eigenvalue weighted by Gasteiger charge is 2.16. The Labute approximate surface area is 127 Å². The summed E-state index contributed by atoms with van der Waals surface area (Å²) in [5, 5.41) is 19.8. The van der Waals surface area contributed by atoms with Crippen molar-refractivity contribution in [3.63, 3.8) is 0 Å². The molecule has 0 saturated carbocycles. The van der Waals surface area contributed by atoms with Gasteiger partial charge >= 0.3 is 11.3 Å². The Morgan fingerprint density at radius 1 is 0.905 bits per heavy atom. The first kappa shape index (κ1) is 14.9. The molecule has 0 fully saturated rings. The zero-order chi connectivity index (χ0) is 14.1. The smallest absolute Gasteiger partial charge is 0.364 e. The van der Waals surface area contributed by atoms with Crippen LogP contribution in [0.1, 0.15) is 0 Å². The van der Waals surface area contributed by atoms with Crippen molar-refractivity contribution in [3.05, 3.63) is 48.5 Å². The summed E-state index contributed by atoms with van der Waals surface area (Å²) in [4.78, 5) is 0. The number of ether oxygens (including phenoxy) is 1. The minimum absolute atomic E-state index is 0. The highest BCUT2D eigenvalue weighted by Crippen LogP contribution is 2.32. The Bertz CT molecular complexity index is 786. The summed E-state index contributed by atoms with van der Waals surface area (Å²) in [5.41, 5.74) is 1.37. The average Bonchev–Trinajstić information content (AvgIpc) is 2.49. The largest absolute Gasteiger partial charge is 1.00 e. The second-order valence-corrected chi connectivity index (χ2v) is 4.41. The van der Waals surface area contributed by atoms with Crippen LogP contribution in [0.4, 0.5) is 0 Å². The highest BCUT2D eigenvalue weighted by atomic mass is 35.5. The number of fused-ring (bicyclic) bond motifs is 1. The molecule has 0 atom stereocenters. The molecule has 1 aromatic heterocycles. The number of benzene rings is 2. The summed E-state index contributed by atoms with van der Waals surface area (Å²) in [6, 6.07) is 13.9. The SMILES string of the molecule is COc1ccc2ccc(-c3ccc(O)c(O)c3)[o+]c2c1.[Cl-]. The number of methoxy groups -OCH3 is 1. The fraction of sp³-hybridized carbons (Fsp3) is 0.0625. The maximum atomic E-state index is 9.55. The Hall–Kier alpha value is -2.46. The minimum Gasteiger partial charge on any atom is -1.00 e. The zero-order valence-electron chi connectivity index (χ0n) is 11.2. The van der Waals surface area contributed by atoms with Gasteiger partial charge in [-0.1, -0.05) is 0 Å². The van der Waals surface area contributed by atoms with Gasteiger partial charge in [-0.15, -0.1) is 0 Å². The van der Waals surface area contributed by atoms with Gasteiger partial charge in [-0.25, -0.2) is 4.42 Å². The first-order chi connectivity index (χ1) is 9.67.